The van der Waals surface area contributed by atoms with Crippen molar-refractivity contribution in [3.05, 3.63) is 60.5 Å². The Labute approximate surface area is 185 Å². The second kappa shape index (κ2) is 9.96. The molecule has 0 radical (unpaired) electrons. The predicted octanol–water partition coefficient (Wildman–Crippen LogP) is 3.36. The normalized spacial score (nSPS) is 32.1. The largest absolute Gasteiger partial charge is 0.336 e. The first-order valence-electron chi connectivity index (χ1n) is 11.6. The first kappa shape index (κ1) is 22.0. The van der Waals surface area contributed by atoms with Crippen LogP contribution < -0.4 is 5.32 Å². The summed E-state index contributed by atoms with van der Waals surface area (Å²) in [6.45, 7) is 13.5. The van der Waals surface area contributed by atoms with Gasteiger partial charge in [-0.25, -0.2) is 9.18 Å². The fraction of sp³-hybridized carbons (Fsp3) is 0.560. The molecule has 0 aromatic rings. The Morgan fingerprint density at radius 2 is 1.87 bits per heavy atom. The van der Waals surface area contributed by atoms with Gasteiger partial charge in [0.2, 0.25) is 0 Å². The van der Waals surface area contributed by atoms with E-state index in [1.165, 1.54) is 12.2 Å². The summed E-state index contributed by atoms with van der Waals surface area (Å²) in [5, 5.41) is 2.87. The van der Waals surface area contributed by atoms with E-state index in [0.717, 1.165) is 64.4 Å². The molecule has 0 aromatic carbocycles. The number of amides is 2. The average Bonchev–Trinajstić information content (AvgIpc) is 3.39. The summed E-state index contributed by atoms with van der Waals surface area (Å²) in [6, 6.07) is 0.571. The SMILES string of the molecule is C=C(/C=C\C(F)=C/C)[C@@H]1C[C@@H](N2CCN(CCN3CCNC3=O)CC2)C2C=CC=CC21. The van der Waals surface area contributed by atoms with Gasteiger partial charge in [-0.05, 0) is 37.2 Å². The Hall–Kier alpha value is -2.18. The van der Waals surface area contributed by atoms with Gasteiger partial charge in [-0.1, -0.05) is 48.6 Å². The van der Waals surface area contributed by atoms with Crippen molar-refractivity contribution in [3.8, 4) is 0 Å². The first-order valence-corrected chi connectivity index (χ1v) is 11.6. The number of halogens is 1. The van der Waals surface area contributed by atoms with E-state index in [4.69, 9.17) is 0 Å². The maximum absolute atomic E-state index is 13.6. The first-order chi connectivity index (χ1) is 15.1. The molecule has 0 bridgehead atoms. The van der Waals surface area contributed by atoms with Crippen LogP contribution in [0.1, 0.15) is 13.3 Å². The Kier molecular flexibility index (Phi) is 7.08. The predicted molar refractivity (Wildman–Crippen MR) is 123 cm³/mol. The van der Waals surface area contributed by atoms with Crippen LogP contribution in [-0.2, 0) is 0 Å². The number of carbonyl (C=O) groups is 1. The van der Waals surface area contributed by atoms with Crippen molar-refractivity contribution in [1.29, 1.82) is 0 Å². The molecule has 4 atom stereocenters. The van der Waals surface area contributed by atoms with Crippen molar-refractivity contribution in [1.82, 2.24) is 20.0 Å². The maximum Gasteiger partial charge on any atom is 0.317 e. The molecule has 0 spiro atoms. The van der Waals surface area contributed by atoms with Crippen molar-refractivity contribution in [2.24, 2.45) is 17.8 Å². The lowest BCUT2D eigenvalue weighted by Gasteiger charge is -2.40. The third kappa shape index (κ3) is 5.01. The van der Waals surface area contributed by atoms with Crippen LogP contribution >= 0.6 is 0 Å². The Morgan fingerprint density at radius 3 is 2.55 bits per heavy atom. The zero-order valence-corrected chi connectivity index (χ0v) is 18.5. The monoisotopic (exact) mass is 426 g/mol. The molecule has 2 saturated heterocycles. The molecule has 1 saturated carbocycles. The number of nitrogens with zero attached hydrogens (tertiary/aromatic N) is 3. The number of fused-ring (bicyclic) bond motifs is 1. The molecule has 5 nitrogen and oxygen atoms in total. The number of hydrogen-bond acceptors (Lipinski definition) is 3. The number of rotatable bonds is 7. The van der Waals surface area contributed by atoms with Gasteiger partial charge in [-0.2, -0.15) is 0 Å². The van der Waals surface area contributed by atoms with E-state index >= 15 is 0 Å². The molecule has 2 unspecified atom stereocenters. The van der Waals surface area contributed by atoms with E-state index in [1.807, 2.05) is 11.0 Å². The maximum atomic E-state index is 13.6. The Morgan fingerprint density at radius 1 is 1.13 bits per heavy atom. The van der Waals surface area contributed by atoms with Gasteiger partial charge in [0.15, 0.2) is 0 Å². The lowest BCUT2D eigenvalue weighted by Crippen LogP contribution is -2.52. The molecule has 4 rings (SSSR count). The van der Waals surface area contributed by atoms with Crippen LogP contribution in [0.3, 0.4) is 0 Å². The highest BCUT2D eigenvalue weighted by molar-refractivity contribution is 5.76. The Balaban J connectivity index is 1.33. The summed E-state index contributed by atoms with van der Waals surface area (Å²) in [7, 11) is 0. The zero-order chi connectivity index (χ0) is 21.8. The van der Waals surface area contributed by atoms with Crippen molar-refractivity contribution in [3.63, 3.8) is 0 Å². The van der Waals surface area contributed by atoms with Crippen LogP contribution in [0.4, 0.5) is 9.18 Å². The highest BCUT2D eigenvalue weighted by atomic mass is 19.1. The smallest absolute Gasteiger partial charge is 0.317 e. The molecule has 2 amide bonds. The van der Waals surface area contributed by atoms with E-state index in [1.54, 1.807) is 6.92 Å². The van der Waals surface area contributed by atoms with Gasteiger partial charge in [-0.3, -0.25) is 9.80 Å². The fourth-order valence-corrected chi connectivity index (χ4v) is 5.51. The topological polar surface area (TPSA) is 38.8 Å². The number of hydrogen-bond donors (Lipinski definition) is 1. The summed E-state index contributed by atoms with van der Waals surface area (Å²) in [6.07, 6.45) is 14.9. The molecule has 2 aliphatic heterocycles. The molecular formula is C25H35FN4O. The zero-order valence-electron chi connectivity index (χ0n) is 18.5. The third-order valence-corrected chi connectivity index (χ3v) is 7.34. The number of allylic oxidation sites excluding steroid dienone is 8. The number of piperazine rings is 1. The minimum Gasteiger partial charge on any atom is -0.336 e. The lowest BCUT2D eigenvalue weighted by molar-refractivity contribution is 0.0808. The van der Waals surface area contributed by atoms with Gasteiger partial charge >= 0.3 is 6.03 Å². The lowest BCUT2D eigenvalue weighted by atomic mass is 9.82. The van der Waals surface area contributed by atoms with E-state index in [0.29, 0.717) is 23.8 Å². The van der Waals surface area contributed by atoms with Crippen LogP contribution in [-0.4, -0.2) is 79.1 Å². The summed E-state index contributed by atoms with van der Waals surface area (Å²) >= 11 is 0. The molecule has 2 heterocycles. The van der Waals surface area contributed by atoms with Crippen LogP contribution in [0.2, 0.25) is 0 Å². The Bertz CT molecular complexity index is 793. The van der Waals surface area contributed by atoms with Crippen molar-refractivity contribution < 1.29 is 9.18 Å². The molecular weight excluding hydrogens is 391 g/mol. The minimum absolute atomic E-state index is 0.0717. The number of nitrogens with one attached hydrogen (secondary N) is 1. The summed E-state index contributed by atoms with van der Waals surface area (Å²) < 4.78 is 13.6. The third-order valence-electron chi connectivity index (χ3n) is 7.34. The fourth-order valence-electron chi connectivity index (χ4n) is 5.51. The highest BCUT2D eigenvalue weighted by Gasteiger charge is 2.44. The van der Waals surface area contributed by atoms with Gasteiger partial charge in [0.25, 0.3) is 0 Å². The molecule has 6 heteroatoms. The van der Waals surface area contributed by atoms with Gasteiger partial charge in [-0.15, -0.1) is 0 Å². The van der Waals surface area contributed by atoms with Crippen molar-refractivity contribution in [2.45, 2.75) is 19.4 Å². The average molecular weight is 427 g/mol. The van der Waals surface area contributed by atoms with Crippen LogP contribution in [0.5, 0.6) is 0 Å². The van der Waals surface area contributed by atoms with Crippen LogP contribution in [0.25, 0.3) is 0 Å². The molecule has 2 aliphatic carbocycles. The van der Waals surface area contributed by atoms with Gasteiger partial charge in [0.1, 0.15) is 5.83 Å². The number of urea groups is 1. The standard InChI is InChI=1S/C25H35FN4O/c1-3-20(26)9-8-19(2)23-18-24(22-7-5-4-6-21(22)23)29-15-12-28(13-16-29)14-17-30-11-10-27-25(30)31/h3-9,21-24H,2,10-18H2,1H3,(H,27,31)/b9-8-,20-3+/t21?,22?,23-,24+/m0/s1. The molecule has 3 fully saturated rings. The molecule has 4 aliphatic rings. The van der Waals surface area contributed by atoms with Crippen molar-refractivity contribution >= 4 is 6.03 Å². The van der Waals surface area contributed by atoms with E-state index in [9.17, 15) is 9.18 Å². The summed E-state index contributed by atoms with van der Waals surface area (Å²) in [5.41, 5.74) is 1.02. The second-order valence-corrected chi connectivity index (χ2v) is 9.01. The summed E-state index contributed by atoms with van der Waals surface area (Å²) in [5.74, 6) is 1.07. The molecule has 1 N–H and O–H groups in total. The summed E-state index contributed by atoms with van der Waals surface area (Å²) in [4.78, 5) is 18.8. The van der Waals surface area contributed by atoms with Gasteiger partial charge in [0.05, 0.1) is 0 Å². The van der Waals surface area contributed by atoms with E-state index in [-0.39, 0.29) is 11.9 Å². The van der Waals surface area contributed by atoms with Gasteiger partial charge in [0, 0.05) is 58.4 Å². The van der Waals surface area contributed by atoms with Crippen LogP contribution in [0, 0.1) is 17.8 Å². The quantitative estimate of drug-likeness (QED) is 0.635. The molecule has 31 heavy (non-hydrogen) atoms. The van der Waals surface area contributed by atoms with Gasteiger partial charge < -0.3 is 10.2 Å². The van der Waals surface area contributed by atoms with E-state index < -0.39 is 0 Å². The van der Waals surface area contributed by atoms with E-state index in [2.05, 4.69) is 46.0 Å². The second-order valence-electron chi connectivity index (χ2n) is 9.01. The minimum atomic E-state index is -0.214. The molecule has 0 aromatic heterocycles. The molecule has 168 valence electrons. The van der Waals surface area contributed by atoms with Crippen LogP contribution in [0.15, 0.2) is 60.5 Å². The highest BCUT2D eigenvalue weighted by Crippen LogP contribution is 2.46. The van der Waals surface area contributed by atoms with Crippen molar-refractivity contribution in [2.75, 3.05) is 52.4 Å². The number of carbonyl (C=O) groups excluding carboxylic acids is 1.